The molecule has 1 N–H and O–H groups in total. The van der Waals surface area contributed by atoms with Crippen molar-refractivity contribution >= 4 is 11.6 Å². The molecule has 1 aliphatic heterocycles. The van der Waals surface area contributed by atoms with Gasteiger partial charge in [-0.1, -0.05) is 6.07 Å². The lowest BCUT2D eigenvalue weighted by Gasteiger charge is -2.30. The first-order valence-corrected chi connectivity index (χ1v) is 6.51. The molecule has 0 saturated carbocycles. The first-order valence-electron chi connectivity index (χ1n) is 6.51. The normalized spacial score (nSPS) is 20.2. The van der Waals surface area contributed by atoms with E-state index in [4.69, 9.17) is 0 Å². The van der Waals surface area contributed by atoms with Gasteiger partial charge in [0.25, 0.3) is 0 Å². The maximum atomic E-state index is 4.60. The van der Waals surface area contributed by atoms with Gasteiger partial charge in [0.2, 0.25) is 5.95 Å². The highest BCUT2D eigenvalue weighted by atomic mass is 15.4. The van der Waals surface area contributed by atoms with Crippen LogP contribution in [0.15, 0.2) is 18.2 Å². The number of nitrogens with one attached hydrogen (secondary N) is 1. The van der Waals surface area contributed by atoms with Gasteiger partial charge in [-0.25, -0.2) is 4.52 Å². The predicted octanol–water partition coefficient (Wildman–Crippen LogP) is 1.23. The average Bonchev–Trinajstić information content (AvgIpc) is 2.84. The monoisotopic (exact) mass is 245 g/mol. The summed E-state index contributed by atoms with van der Waals surface area (Å²) < 4.78 is 1.90. The van der Waals surface area contributed by atoms with Crippen molar-refractivity contribution in [3.8, 4) is 0 Å². The fourth-order valence-corrected chi connectivity index (χ4v) is 2.50. The van der Waals surface area contributed by atoms with Crippen LogP contribution < -0.4 is 10.2 Å². The molecule has 5 heteroatoms. The van der Waals surface area contributed by atoms with Gasteiger partial charge in [0.1, 0.15) is 0 Å². The number of aryl methyl sites for hydroxylation is 1. The van der Waals surface area contributed by atoms with E-state index in [2.05, 4.69) is 27.3 Å². The Kier molecular flexibility index (Phi) is 2.91. The van der Waals surface area contributed by atoms with Crippen LogP contribution in [-0.2, 0) is 0 Å². The van der Waals surface area contributed by atoms with E-state index in [0.29, 0.717) is 6.04 Å². The third kappa shape index (κ3) is 1.95. The molecule has 3 heterocycles. The van der Waals surface area contributed by atoms with Crippen molar-refractivity contribution in [2.24, 2.45) is 0 Å². The second-order valence-electron chi connectivity index (χ2n) is 4.96. The Morgan fingerprint density at radius 2 is 2.33 bits per heavy atom. The highest BCUT2D eigenvalue weighted by molar-refractivity contribution is 5.45. The van der Waals surface area contributed by atoms with Gasteiger partial charge >= 0.3 is 0 Å². The Labute approximate surface area is 107 Å². The standard InChI is InChI=1S/C13H19N5/c1-10-5-3-7-12-15-13(16-18(10)12)17(2)11-6-4-8-14-9-11/h3,5,7,11,14H,4,6,8-9H2,1-2H3. The molecule has 0 amide bonds. The Balaban J connectivity index is 1.91. The van der Waals surface area contributed by atoms with E-state index in [9.17, 15) is 0 Å². The molecular weight excluding hydrogens is 226 g/mol. The molecular formula is C13H19N5. The third-order valence-electron chi connectivity index (χ3n) is 3.67. The van der Waals surface area contributed by atoms with Gasteiger partial charge < -0.3 is 10.2 Å². The van der Waals surface area contributed by atoms with E-state index in [-0.39, 0.29) is 0 Å². The van der Waals surface area contributed by atoms with Crippen molar-refractivity contribution in [1.29, 1.82) is 0 Å². The van der Waals surface area contributed by atoms with Gasteiger partial charge in [-0.15, -0.1) is 5.10 Å². The van der Waals surface area contributed by atoms with E-state index >= 15 is 0 Å². The molecule has 0 aliphatic carbocycles. The summed E-state index contributed by atoms with van der Waals surface area (Å²) in [6.07, 6.45) is 2.43. The quantitative estimate of drug-likeness (QED) is 0.864. The van der Waals surface area contributed by atoms with Gasteiger partial charge in [-0.2, -0.15) is 4.98 Å². The van der Waals surface area contributed by atoms with Crippen LogP contribution in [0.5, 0.6) is 0 Å². The van der Waals surface area contributed by atoms with Crippen molar-refractivity contribution in [2.45, 2.75) is 25.8 Å². The first kappa shape index (κ1) is 11.5. The predicted molar refractivity (Wildman–Crippen MR) is 72.0 cm³/mol. The largest absolute Gasteiger partial charge is 0.338 e. The summed E-state index contributed by atoms with van der Waals surface area (Å²) in [7, 11) is 2.09. The number of fused-ring (bicyclic) bond motifs is 1. The molecule has 96 valence electrons. The summed E-state index contributed by atoms with van der Waals surface area (Å²) in [5.41, 5.74) is 2.03. The molecule has 3 rings (SSSR count). The minimum atomic E-state index is 0.497. The fourth-order valence-electron chi connectivity index (χ4n) is 2.50. The molecule has 5 nitrogen and oxygen atoms in total. The topological polar surface area (TPSA) is 45.5 Å². The zero-order chi connectivity index (χ0) is 12.5. The van der Waals surface area contributed by atoms with Crippen molar-refractivity contribution in [1.82, 2.24) is 19.9 Å². The van der Waals surface area contributed by atoms with Crippen molar-refractivity contribution in [3.05, 3.63) is 23.9 Å². The van der Waals surface area contributed by atoms with E-state index in [1.165, 1.54) is 12.8 Å². The summed E-state index contributed by atoms with van der Waals surface area (Å²) >= 11 is 0. The van der Waals surface area contributed by atoms with Gasteiger partial charge in [-0.3, -0.25) is 0 Å². The summed E-state index contributed by atoms with van der Waals surface area (Å²) in [5, 5.41) is 8.02. The van der Waals surface area contributed by atoms with E-state index in [1.54, 1.807) is 0 Å². The maximum Gasteiger partial charge on any atom is 0.245 e. The highest BCUT2D eigenvalue weighted by Crippen LogP contribution is 2.16. The van der Waals surface area contributed by atoms with Crippen LogP contribution in [0.4, 0.5) is 5.95 Å². The minimum absolute atomic E-state index is 0.497. The van der Waals surface area contributed by atoms with Crippen LogP contribution in [-0.4, -0.2) is 40.8 Å². The summed E-state index contributed by atoms with van der Waals surface area (Å²) in [4.78, 5) is 6.79. The van der Waals surface area contributed by atoms with Crippen LogP contribution in [0.25, 0.3) is 5.65 Å². The lowest BCUT2D eigenvalue weighted by Crippen LogP contribution is -2.44. The highest BCUT2D eigenvalue weighted by Gasteiger charge is 2.21. The summed E-state index contributed by atoms with van der Waals surface area (Å²) in [6.45, 7) is 4.20. The Hall–Kier alpha value is -1.62. The van der Waals surface area contributed by atoms with Gasteiger partial charge in [0.15, 0.2) is 5.65 Å². The molecule has 1 unspecified atom stereocenters. The Morgan fingerprint density at radius 1 is 1.44 bits per heavy atom. The molecule has 1 saturated heterocycles. The second-order valence-corrected chi connectivity index (χ2v) is 4.96. The lowest BCUT2D eigenvalue weighted by molar-refractivity contribution is 0.441. The number of hydrogen-bond acceptors (Lipinski definition) is 4. The van der Waals surface area contributed by atoms with Crippen molar-refractivity contribution in [3.63, 3.8) is 0 Å². The number of hydrogen-bond donors (Lipinski definition) is 1. The zero-order valence-corrected chi connectivity index (χ0v) is 10.9. The molecule has 0 aromatic carbocycles. The molecule has 0 bridgehead atoms. The zero-order valence-electron chi connectivity index (χ0n) is 10.9. The molecule has 1 fully saturated rings. The molecule has 18 heavy (non-hydrogen) atoms. The maximum absolute atomic E-state index is 4.60. The number of piperidine rings is 1. The lowest BCUT2D eigenvalue weighted by atomic mass is 10.1. The van der Waals surface area contributed by atoms with Crippen LogP contribution in [0.3, 0.4) is 0 Å². The fraction of sp³-hybridized carbons (Fsp3) is 0.538. The molecule has 2 aromatic heterocycles. The number of nitrogens with zero attached hydrogens (tertiary/aromatic N) is 4. The SMILES string of the molecule is Cc1cccc2nc(N(C)C3CCCNC3)nn12. The van der Waals surface area contributed by atoms with Gasteiger partial charge in [-0.05, 0) is 38.4 Å². The number of anilines is 1. The average molecular weight is 245 g/mol. The first-order chi connectivity index (χ1) is 8.75. The van der Waals surface area contributed by atoms with E-state index in [0.717, 1.165) is 30.4 Å². The van der Waals surface area contributed by atoms with Gasteiger partial charge in [0.05, 0.1) is 0 Å². The molecule has 0 radical (unpaired) electrons. The van der Waals surface area contributed by atoms with Crippen molar-refractivity contribution < 1.29 is 0 Å². The van der Waals surface area contributed by atoms with Crippen LogP contribution in [0, 0.1) is 6.92 Å². The second kappa shape index (κ2) is 4.57. The Morgan fingerprint density at radius 3 is 3.06 bits per heavy atom. The smallest absolute Gasteiger partial charge is 0.245 e. The number of aromatic nitrogens is 3. The van der Waals surface area contributed by atoms with Crippen LogP contribution in [0.2, 0.25) is 0 Å². The molecule has 1 atom stereocenters. The number of rotatable bonds is 2. The van der Waals surface area contributed by atoms with Crippen LogP contribution >= 0.6 is 0 Å². The summed E-state index contributed by atoms with van der Waals surface area (Å²) in [5.74, 6) is 0.818. The number of likely N-dealkylation sites (N-methyl/N-ethyl adjacent to an activating group) is 1. The molecule has 1 aliphatic rings. The van der Waals surface area contributed by atoms with Gasteiger partial charge in [0, 0.05) is 25.3 Å². The number of pyridine rings is 1. The minimum Gasteiger partial charge on any atom is -0.338 e. The van der Waals surface area contributed by atoms with Crippen molar-refractivity contribution in [2.75, 3.05) is 25.0 Å². The molecule has 2 aromatic rings. The van der Waals surface area contributed by atoms with E-state index < -0.39 is 0 Å². The van der Waals surface area contributed by atoms with Crippen LogP contribution in [0.1, 0.15) is 18.5 Å². The summed E-state index contributed by atoms with van der Waals surface area (Å²) in [6, 6.07) is 6.56. The third-order valence-corrected chi connectivity index (χ3v) is 3.67. The molecule has 0 spiro atoms. The Bertz CT molecular complexity index is 541. The van der Waals surface area contributed by atoms with E-state index in [1.807, 2.05) is 29.6 Å².